The fraction of sp³-hybridized carbons (Fsp3) is 1.00. The van der Waals surface area contributed by atoms with Crippen LogP contribution in [-0.2, 0) is 4.74 Å². The first kappa shape index (κ1) is 23.0. The van der Waals surface area contributed by atoms with E-state index in [0.29, 0.717) is 0 Å². The second-order valence-corrected chi connectivity index (χ2v) is 8.63. The van der Waals surface area contributed by atoms with E-state index in [9.17, 15) is 39.5 Å². The Bertz CT molecular complexity index is 526. The first-order chi connectivity index (χ1) is 13.5. The Balaban J connectivity index is 1.58. The Hall–Kier alpha value is -0.670. The van der Waals surface area contributed by atoms with Gasteiger partial charge in [0, 0.05) is 19.3 Å². The maximum Gasteiger partial charge on any atom is 0.364 e. The first-order valence-electron chi connectivity index (χ1n) is 10.0. The quantitative estimate of drug-likeness (QED) is 0.491. The van der Waals surface area contributed by atoms with Crippen molar-refractivity contribution in [2.45, 2.75) is 100 Å². The number of rotatable bonds is 4. The zero-order chi connectivity index (χ0) is 21.5. The van der Waals surface area contributed by atoms with Crippen molar-refractivity contribution >= 4 is 0 Å². The van der Waals surface area contributed by atoms with Crippen LogP contribution in [0.5, 0.6) is 0 Å². The molecule has 0 bridgehead atoms. The topological polar surface area (TPSA) is 9.23 Å². The van der Waals surface area contributed by atoms with Crippen molar-refractivity contribution in [2.75, 3.05) is 0 Å². The van der Waals surface area contributed by atoms with Gasteiger partial charge in [0.25, 0.3) is 0 Å². The molecule has 0 aliphatic heterocycles. The highest BCUT2D eigenvalue weighted by Gasteiger charge is 2.56. The highest BCUT2D eigenvalue weighted by Crippen LogP contribution is 2.46. The first-order valence-corrected chi connectivity index (χ1v) is 10.0. The van der Waals surface area contributed by atoms with Gasteiger partial charge < -0.3 is 4.74 Å². The molecule has 0 aromatic heterocycles. The lowest BCUT2D eigenvalue weighted by atomic mass is 9.70. The summed E-state index contributed by atoms with van der Waals surface area (Å²) in [5.74, 6) is -4.05. The molecule has 3 fully saturated rings. The van der Waals surface area contributed by atoms with Gasteiger partial charge in [-0.2, -0.15) is 8.78 Å². The Morgan fingerprint density at radius 3 is 1.69 bits per heavy atom. The summed E-state index contributed by atoms with van der Waals surface area (Å²) in [5.41, 5.74) is 0. The fourth-order valence-corrected chi connectivity index (χ4v) is 5.08. The molecule has 10 heteroatoms. The van der Waals surface area contributed by atoms with Crippen LogP contribution in [0.3, 0.4) is 0 Å². The molecule has 0 radical (unpaired) electrons. The molecule has 0 aromatic rings. The normalized spacial score (nSPS) is 49.8. The minimum atomic E-state index is -4.24. The molecule has 170 valence electrons. The lowest BCUT2D eigenvalue weighted by Crippen LogP contribution is -2.51. The van der Waals surface area contributed by atoms with Crippen molar-refractivity contribution in [1.82, 2.24) is 0 Å². The highest BCUT2D eigenvalue weighted by atomic mass is 19.3. The molecule has 0 spiro atoms. The molecule has 0 N–H and O–H groups in total. The molecule has 3 rings (SSSR count). The van der Waals surface area contributed by atoms with Gasteiger partial charge in [-0.25, -0.2) is 30.7 Å². The van der Waals surface area contributed by atoms with E-state index in [0.717, 1.165) is 0 Å². The number of hydrogen-bond acceptors (Lipinski definition) is 1. The monoisotopic (exact) mass is 440 g/mol. The Morgan fingerprint density at radius 1 is 0.621 bits per heavy atom. The van der Waals surface area contributed by atoms with Crippen LogP contribution in [0.2, 0.25) is 0 Å². The van der Waals surface area contributed by atoms with E-state index in [-0.39, 0.29) is 25.7 Å². The van der Waals surface area contributed by atoms with E-state index in [4.69, 9.17) is 0 Å². The zero-order valence-electron chi connectivity index (χ0n) is 15.6. The van der Waals surface area contributed by atoms with E-state index in [1.54, 1.807) is 0 Å². The van der Waals surface area contributed by atoms with Gasteiger partial charge in [0.2, 0.25) is 0 Å². The molecule has 29 heavy (non-hydrogen) atoms. The molecule has 0 saturated heterocycles. The summed E-state index contributed by atoms with van der Waals surface area (Å²) < 4.78 is 129. The van der Waals surface area contributed by atoms with Gasteiger partial charge in [0.05, 0.1) is 6.10 Å². The summed E-state index contributed by atoms with van der Waals surface area (Å²) in [6.07, 6.45) is -23.3. The Morgan fingerprint density at radius 2 is 1.17 bits per heavy atom. The van der Waals surface area contributed by atoms with Gasteiger partial charge in [-0.15, -0.1) is 0 Å². The minimum absolute atomic E-state index is 0.0156. The third-order valence-electron chi connectivity index (χ3n) is 6.58. The maximum atomic E-state index is 14.6. The van der Waals surface area contributed by atoms with Gasteiger partial charge in [-0.05, 0) is 37.5 Å². The standard InChI is InChI=1S/C19H25F9O/c20-9-5-13(22)17(14(23)6-9)19(27,28)29-10-1-2-11(12(21)7-10)8-3-15(24)18(26)16(25)4-8/h8-18H,1-7H2. The molecular weight excluding hydrogens is 415 g/mol. The summed E-state index contributed by atoms with van der Waals surface area (Å²) in [6, 6.07) is 0. The Labute approximate surface area is 163 Å². The largest absolute Gasteiger partial charge is 0.364 e. The van der Waals surface area contributed by atoms with Crippen molar-refractivity contribution < 1.29 is 44.3 Å². The predicted molar refractivity (Wildman–Crippen MR) is 86.9 cm³/mol. The third-order valence-corrected chi connectivity index (χ3v) is 6.58. The number of alkyl halides is 9. The van der Waals surface area contributed by atoms with Crippen molar-refractivity contribution in [1.29, 1.82) is 0 Å². The van der Waals surface area contributed by atoms with E-state index in [2.05, 4.69) is 4.74 Å². The third kappa shape index (κ3) is 4.98. The van der Waals surface area contributed by atoms with Crippen LogP contribution in [0, 0.1) is 17.8 Å². The summed E-state index contributed by atoms with van der Waals surface area (Å²) in [6.45, 7) is 0. The number of halogens is 9. The average molecular weight is 440 g/mol. The molecule has 1 nitrogen and oxygen atoms in total. The lowest BCUT2D eigenvalue weighted by molar-refractivity contribution is -0.321. The average Bonchev–Trinajstić information content (AvgIpc) is 2.57. The van der Waals surface area contributed by atoms with Crippen LogP contribution in [-0.4, -0.2) is 55.4 Å². The van der Waals surface area contributed by atoms with Crippen molar-refractivity contribution in [2.24, 2.45) is 17.8 Å². The molecular formula is C19H25F9O. The molecule has 0 aromatic carbocycles. The Kier molecular flexibility index (Phi) is 7.00. The smallest absolute Gasteiger partial charge is 0.317 e. The van der Waals surface area contributed by atoms with Crippen LogP contribution in [0.1, 0.15) is 44.9 Å². The van der Waals surface area contributed by atoms with Gasteiger partial charge >= 0.3 is 6.11 Å². The van der Waals surface area contributed by atoms with Crippen molar-refractivity contribution in [3.63, 3.8) is 0 Å². The summed E-state index contributed by atoms with van der Waals surface area (Å²) in [4.78, 5) is 0. The molecule has 0 heterocycles. The van der Waals surface area contributed by atoms with Crippen molar-refractivity contribution in [3.8, 4) is 0 Å². The van der Waals surface area contributed by atoms with Crippen LogP contribution >= 0.6 is 0 Å². The molecule has 3 aliphatic carbocycles. The molecule has 3 aliphatic rings. The second-order valence-electron chi connectivity index (χ2n) is 8.63. The van der Waals surface area contributed by atoms with Gasteiger partial charge in [-0.3, -0.25) is 0 Å². The van der Waals surface area contributed by atoms with Crippen LogP contribution in [0.4, 0.5) is 39.5 Å². The lowest BCUT2D eigenvalue weighted by Gasteiger charge is -2.42. The van der Waals surface area contributed by atoms with E-state index < -0.39 is 92.4 Å². The summed E-state index contributed by atoms with van der Waals surface area (Å²) in [5, 5.41) is 0. The SMILES string of the molecule is FC1CC(F)C(C(F)(F)OC2CCC(C3CC(F)C(F)C(F)C3)C(F)C2)C(F)C1. The molecule has 7 atom stereocenters. The highest BCUT2D eigenvalue weighted by molar-refractivity contribution is 4.95. The number of hydrogen-bond donors (Lipinski definition) is 0. The maximum absolute atomic E-state index is 14.6. The minimum Gasteiger partial charge on any atom is -0.317 e. The van der Waals surface area contributed by atoms with Crippen molar-refractivity contribution in [3.05, 3.63) is 0 Å². The van der Waals surface area contributed by atoms with Crippen LogP contribution < -0.4 is 0 Å². The zero-order valence-corrected chi connectivity index (χ0v) is 15.6. The van der Waals surface area contributed by atoms with E-state index >= 15 is 0 Å². The van der Waals surface area contributed by atoms with Gasteiger partial charge in [0.1, 0.15) is 42.9 Å². The second kappa shape index (κ2) is 8.83. The van der Waals surface area contributed by atoms with Crippen LogP contribution in [0.25, 0.3) is 0 Å². The molecule has 3 saturated carbocycles. The van der Waals surface area contributed by atoms with E-state index in [1.165, 1.54) is 0 Å². The molecule has 7 unspecified atom stereocenters. The fourth-order valence-electron chi connectivity index (χ4n) is 5.08. The van der Waals surface area contributed by atoms with E-state index in [1.807, 2.05) is 0 Å². The van der Waals surface area contributed by atoms with Gasteiger partial charge in [0.15, 0.2) is 6.17 Å². The summed E-state index contributed by atoms with van der Waals surface area (Å²) in [7, 11) is 0. The predicted octanol–water partition coefficient (Wildman–Crippen LogP) is 5.95. The summed E-state index contributed by atoms with van der Waals surface area (Å²) >= 11 is 0. The van der Waals surface area contributed by atoms with Gasteiger partial charge in [-0.1, -0.05) is 0 Å². The number of ether oxygens (including phenoxy) is 1. The van der Waals surface area contributed by atoms with Crippen LogP contribution in [0.15, 0.2) is 0 Å². The molecule has 0 amide bonds.